The van der Waals surface area contributed by atoms with Gasteiger partial charge in [-0.25, -0.2) is 0 Å². The average Bonchev–Trinajstić information content (AvgIpc) is 2.21. The van der Waals surface area contributed by atoms with Gasteiger partial charge in [0, 0.05) is 0 Å². The van der Waals surface area contributed by atoms with E-state index in [0.29, 0.717) is 0 Å². The molecule has 2 aliphatic rings. The molecule has 52 valence electrons. The van der Waals surface area contributed by atoms with Gasteiger partial charge in [0.1, 0.15) is 0 Å². The lowest BCUT2D eigenvalue weighted by molar-refractivity contribution is -0.143. The first-order valence-corrected chi connectivity index (χ1v) is 3.73. The molecule has 1 aliphatic heterocycles. The van der Waals surface area contributed by atoms with Gasteiger partial charge >= 0.3 is 5.97 Å². The van der Waals surface area contributed by atoms with Crippen LogP contribution in [0.1, 0.15) is 19.3 Å². The van der Waals surface area contributed by atoms with E-state index in [1.807, 2.05) is 0 Å². The SMILES string of the molecule is [B][C@H]1CC[C@H]2C[C@H]1OC2=O. The largest absolute Gasteiger partial charge is 0.463 e. The van der Waals surface area contributed by atoms with E-state index in [4.69, 9.17) is 12.6 Å². The standard InChI is InChI=1S/C7H9BO2/c8-5-2-1-4-3-6(5)10-7(4)9/h4-6H,1-3H2/t4-,5-,6+/m0/s1. The molecular formula is C7H9BO2. The van der Waals surface area contributed by atoms with Crippen LogP contribution in [0.2, 0.25) is 5.82 Å². The second-order valence-corrected chi connectivity index (χ2v) is 3.15. The maximum Gasteiger partial charge on any atom is 0.309 e. The Morgan fingerprint density at radius 1 is 1.50 bits per heavy atom. The molecule has 0 amide bonds. The van der Waals surface area contributed by atoms with Crippen LogP contribution in [0.3, 0.4) is 0 Å². The Hall–Kier alpha value is -0.465. The highest BCUT2D eigenvalue weighted by Crippen LogP contribution is 2.39. The third kappa shape index (κ3) is 0.763. The lowest BCUT2D eigenvalue weighted by atomic mass is 9.71. The topological polar surface area (TPSA) is 26.3 Å². The zero-order chi connectivity index (χ0) is 7.14. The molecular weight excluding hydrogens is 127 g/mol. The normalized spacial score (nSPS) is 45.2. The molecule has 3 heteroatoms. The van der Waals surface area contributed by atoms with Gasteiger partial charge in [0.2, 0.25) is 0 Å². The van der Waals surface area contributed by atoms with Crippen LogP contribution in [-0.4, -0.2) is 19.9 Å². The fourth-order valence-corrected chi connectivity index (χ4v) is 1.75. The number of hydrogen-bond acceptors (Lipinski definition) is 2. The summed E-state index contributed by atoms with van der Waals surface area (Å²) < 4.78 is 5.03. The third-order valence-corrected chi connectivity index (χ3v) is 2.44. The molecule has 0 spiro atoms. The summed E-state index contributed by atoms with van der Waals surface area (Å²) in [6, 6.07) is 0. The number of esters is 1. The summed E-state index contributed by atoms with van der Waals surface area (Å²) in [7, 11) is 5.70. The third-order valence-electron chi connectivity index (χ3n) is 2.44. The second kappa shape index (κ2) is 2.01. The highest BCUT2D eigenvalue weighted by molar-refractivity contribution is 6.12. The Balaban J connectivity index is 2.15. The summed E-state index contributed by atoms with van der Waals surface area (Å²) in [4.78, 5) is 10.9. The van der Waals surface area contributed by atoms with Crippen LogP contribution in [0.5, 0.6) is 0 Å². The molecule has 1 heterocycles. The number of carbonyl (C=O) groups is 1. The van der Waals surface area contributed by atoms with Gasteiger partial charge in [-0.1, -0.05) is 6.42 Å². The fourth-order valence-electron chi connectivity index (χ4n) is 1.75. The molecule has 3 atom stereocenters. The van der Waals surface area contributed by atoms with Crippen molar-refractivity contribution in [1.29, 1.82) is 0 Å². The monoisotopic (exact) mass is 136 g/mol. The molecule has 2 radical (unpaired) electrons. The van der Waals surface area contributed by atoms with Crippen LogP contribution in [0.4, 0.5) is 0 Å². The number of hydrogen-bond donors (Lipinski definition) is 0. The maximum absolute atomic E-state index is 10.9. The summed E-state index contributed by atoms with van der Waals surface area (Å²) in [5, 5.41) is 0. The van der Waals surface area contributed by atoms with Crippen LogP contribution < -0.4 is 0 Å². The van der Waals surface area contributed by atoms with Crippen molar-refractivity contribution in [2.24, 2.45) is 5.92 Å². The van der Waals surface area contributed by atoms with Crippen LogP contribution in [0, 0.1) is 5.92 Å². The molecule has 0 aromatic carbocycles. The fraction of sp³-hybridized carbons (Fsp3) is 0.857. The maximum atomic E-state index is 10.9. The Morgan fingerprint density at radius 2 is 2.30 bits per heavy atom. The van der Waals surface area contributed by atoms with Crippen molar-refractivity contribution in [3.8, 4) is 0 Å². The second-order valence-electron chi connectivity index (χ2n) is 3.15. The van der Waals surface area contributed by atoms with E-state index in [1.54, 1.807) is 0 Å². The van der Waals surface area contributed by atoms with Gasteiger partial charge in [-0.2, -0.15) is 0 Å². The van der Waals surface area contributed by atoms with Crippen molar-refractivity contribution >= 4 is 13.8 Å². The Bertz CT molecular complexity index is 169. The van der Waals surface area contributed by atoms with Crippen molar-refractivity contribution in [2.45, 2.75) is 31.2 Å². The van der Waals surface area contributed by atoms with Gasteiger partial charge in [0.05, 0.1) is 19.9 Å². The van der Waals surface area contributed by atoms with E-state index >= 15 is 0 Å². The van der Waals surface area contributed by atoms with Crippen LogP contribution >= 0.6 is 0 Å². The number of carbonyl (C=O) groups excluding carboxylic acids is 1. The summed E-state index contributed by atoms with van der Waals surface area (Å²) in [6.07, 6.45) is 2.77. The molecule has 2 fully saturated rings. The first kappa shape index (κ1) is 6.26. The molecule has 1 saturated heterocycles. The minimum atomic E-state index is -0.0297. The van der Waals surface area contributed by atoms with Crippen molar-refractivity contribution in [3.05, 3.63) is 0 Å². The zero-order valence-electron chi connectivity index (χ0n) is 5.75. The highest BCUT2D eigenvalue weighted by atomic mass is 16.6. The molecule has 1 saturated carbocycles. The molecule has 2 rings (SSSR count). The smallest absolute Gasteiger partial charge is 0.309 e. The number of fused-ring (bicyclic) bond motifs is 2. The van der Waals surface area contributed by atoms with Crippen molar-refractivity contribution < 1.29 is 9.53 Å². The lowest BCUT2D eigenvalue weighted by Gasteiger charge is -2.21. The van der Waals surface area contributed by atoms with Gasteiger partial charge in [-0.05, 0) is 18.7 Å². The molecule has 0 aromatic rings. The van der Waals surface area contributed by atoms with Gasteiger partial charge in [-0.15, -0.1) is 0 Å². The van der Waals surface area contributed by atoms with Gasteiger partial charge < -0.3 is 4.74 Å². The predicted molar refractivity (Wildman–Crippen MR) is 36.7 cm³/mol. The molecule has 2 bridgehead atoms. The minimum Gasteiger partial charge on any atom is -0.463 e. The van der Waals surface area contributed by atoms with E-state index in [2.05, 4.69) is 0 Å². The van der Waals surface area contributed by atoms with Crippen molar-refractivity contribution in [2.75, 3.05) is 0 Å². The summed E-state index contributed by atoms with van der Waals surface area (Å²) in [5.41, 5.74) is 0. The van der Waals surface area contributed by atoms with Gasteiger partial charge in [0.25, 0.3) is 0 Å². The van der Waals surface area contributed by atoms with E-state index in [-0.39, 0.29) is 23.8 Å². The summed E-state index contributed by atoms with van der Waals surface area (Å²) >= 11 is 0. The van der Waals surface area contributed by atoms with Crippen LogP contribution in [0.25, 0.3) is 0 Å². The average molecular weight is 136 g/mol. The van der Waals surface area contributed by atoms with E-state index in [1.165, 1.54) is 0 Å². The van der Waals surface area contributed by atoms with E-state index < -0.39 is 0 Å². The van der Waals surface area contributed by atoms with Crippen molar-refractivity contribution in [1.82, 2.24) is 0 Å². The van der Waals surface area contributed by atoms with E-state index in [0.717, 1.165) is 19.3 Å². The van der Waals surface area contributed by atoms with Crippen molar-refractivity contribution in [3.63, 3.8) is 0 Å². The minimum absolute atomic E-state index is 0.0297. The Labute approximate surface area is 61.3 Å². The lowest BCUT2D eigenvalue weighted by Crippen LogP contribution is -2.18. The zero-order valence-corrected chi connectivity index (χ0v) is 5.75. The summed E-state index contributed by atoms with van der Waals surface area (Å²) in [5.74, 6) is 0.241. The Morgan fingerprint density at radius 3 is 3.00 bits per heavy atom. The number of ether oxygens (including phenoxy) is 1. The first-order chi connectivity index (χ1) is 4.77. The molecule has 1 aliphatic carbocycles. The van der Waals surface area contributed by atoms with Gasteiger partial charge in [-0.3, -0.25) is 4.79 Å². The predicted octanol–water partition coefficient (Wildman–Crippen LogP) is 0.669. The highest BCUT2D eigenvalue weighted by Gasteiger charge is 2.40. The molecule has 0 aromatic heterocycles. The van der Waals surface area contributed by atoms with Crippen LogP contribution in [0.15, 0.2) is 0 Å². The molecule has 0 unspecified atom stereocenters. The first-order valence-electron chi connectivity index (χ1n) is 3.73. The van der Waals surface area contributed by atoms with Gasteiger partial charge in [0.15, 0.2) is 0 Å². The molecule has 2 nitrogen and oxygen atoms in total. The quantitative estimate of drug-likeness (QED) is 0.361. The Kier molecular flexibility index (Phi) is 1.26. The summed E-state index contributed by atoms with van der Waals surface area (Å²) in [6.45, 7) is 0. The molecule has 10 heavy (non-hydrogen) atoms. The number of rotatable bonds is 0. The molecule has 0 N–H and O–H groups in total. The van der Waals surface area contributed by atoms with E-state index in [9.17, 15) is 4.79 Å². The van der Waals surface area contributed by atoms with Crippen LogP contribution in [-0.2, 0) is 9.53 Å².